The van der Waals surface area contributed by atoms with Crippen LogP contribution in [0, 0.1) is 0 Å². The monoisotopic (exact) mass is 257 g/mol. The van der Waals surface area contributed by atoms with Crippen molar-refractivity contribution in [1.29, 1.82) is 0 Å². The molecule has 1 unspecified atom stereocenters. The minimum atomic E-state index is 0.180. The second kappa shape index (κ2) is 5.19. The summed E-state index contributed by atoms with van der Waals surface area (Å²) in [7, 11) is 1.99. The number of fused-ring (bicyclic) bond motifs is 1. The molecule has 3 nitrogen and oxygen atoms in total. The number of nitrogens with one attached hydrogen (secondary N) is 1. The van der Waals surface area contributed by atoms with Crippen molar-refractivity contribution >= 4 is 0 Å². The molecule has 0 saturated heterocycles. The number of aryl methyl sites for hydroxylation is 1. The highest BCUT2D eigenvalue weighted by Crippen LogP contribution is 2.29. The first-order chi connectivity index (χ1) is 9.33. The van der Waals surface area contributed by atoms with Gasteiger partial charge in [-0.2, -0.15) is 0 Å². The molecule has 1 aromatic carbocycles. The second-order valence-corrected chi connectivity index (χ2v) is 4.90. The van der Waals surface area contributed by atoms with Crippen LogP contribution in [0.4, 0.5) is 0 Å². The molecule has 0 fully saturated rings. The van der Waals surface area contributed by atoms with E-state index in [1.165, 1.54) is 22.3 Å². The van der Waals surface area contributed by atoms with E-state index < -0.39 is 0 Å². The maximum Gasteiger partial charge on any atom is 0.108 e. The minimum absolute atomic E-state index is 0.180. The molecule has 19 heavy (non-hydrogen) atoms. The van der Waals surface area contributed by atoms with Gasteiger partial charge in [0.15, 0.2) is 0 Å². The van der Waals surface area contributed by atoms with Gasteiger partial charge in [-0.3, -0.25) is 0 Å². The third kappa shape index (κ3) is 2.20. The molecule has 100 valence electrons. The molecular weight excluding hydrogens is 238 g/mol. The van der Waals surface area contributed by atoms with Crippen molar-refractivity contribution in [2.45, 2.75) is 32.6 Å². The van der Waals surface area contributed by atoms with Crippen LogP contribution >= 0.6 is 0 Å². The van der Waals surface area contributed by atoms with Crippen molar-refractivity contribution in [3.63, 3.8) is 0 Å². The summed E-state index contributed by atoms with van der Waals surface area (Å²) in [6.07, 6.45) is 2.68. The first kappa shape index (κ1) is 12.5. The summed E-state index contributed by atoms with van der Waals surface area (Å²) in [5, 5.41) is 3.39. The normalized spacial score (nSPS) is 15.5. The highest BCUT2D eigenvalue weighted by atomic mass is 16.5. The Morgan fingerprint density at radius 1 is 1.21 bits per heavy atom. The van der Waals surface area contributed by atoms with Gasteiger partial charge in [-0.25, -0.2) is 0 Å². The van der Waals surface area contributed by atoms with Gasteiger partial charge in [-0.15, -0.1) is 0 Å². The van der Waals surface area contributed by atoms with Crippen molar-refractivity contribution in [3.8, 4) is 0 Å². The number of rotatable bonds is 4. The molecule has 0 aliphatic carbocycles. The highest BCUT2D eigenvalue weighted by molar-refractivity contribution is 5.39. The quantitative estimate of drug-likeness (QED) is 0.913. The van der Waals surface area contributed by atoms with Gasteiger partial charge in [0.25, 0.3) is 0 Å². The summed E-state index contributed by atoms with van der Waals surface area (Å²) < 4.78 is 11.0. The summed E-state index contributed by atoms with van der Waals surface area (Å²) in [5.74, 6) is 1.05. The lowest BCUT2D eigenvalue weighted by Gasteiger charge is -2.17. The van der Waals surface area contributed by atoms with Gasteiger partial charge in [0.2, 0.25) is 0 Å². The lowest BCUT2D eigenvalue weighted by atomic mass is 9.95. The molecule has 1 aliphatic rings. The Morgan fingerprint density at radius 2 is 2.05 bits per heavy atom. The van der Waals surface area contributed by atoms with Gasteiger partial charge in [0.05, 0.1) is 25.5 Å². The van der Waals surface area contributed by atoms with Crippen molar-refractivity contribution in [3.05, 3.63) is 58.5 Å². The smallest absolute Gasteiger partial charge is 0.108 e. The molecule has 0 spiro atoms. The summed E-state index contributed by atoms with van der Waals surface area (Å²) >= 11 is 0. The van der Waals surface area contributed by atoms with Crippen LogP contribution in [0.1, 0.15) is 41.0 Å². The predicted molar refractivity (Wildman–Crippen MR) is 73.9 cm³/mol. The molecule has 2 heterocycles. The van der Waals surface area contributed by atoms with E-state index in [4.69, 9.17) is 9.15 Å². The zero-order valence-corrected chi connectivity index (χ0v) is 11.4. The van der Waals surface area contributed by atoms with Gasteiger partial charge in [-0.1, -0.05) is 25.1 Å². The van der Waals surface area contributed by atoms with Crippen LogP contribution in [0.25, 0.3) is 0 Å². The second-order valence-electron chi connectivity index (χ2n) is 4.90. The van der Waals surface area contributed by atoms with Gasteiger partial charge in [-0.05, 0) is 29.8 Å². The Kier molecular flexibility index (Phi) is 3.40. The van der Waals surface area contributed by atoms with Crippen molar-refractivity contribution in [2.75, 3.05) is 7.05 Å². The van der Waals surface area contributed by atoms with Crippen molar-refractivity contribution in [2.24, 2.45) is 0 Å². The van der Waals surface area contributed by atoms with E-state index in [9.17, 15) is 0 Å². The van der Waals surface area contributed by atoms with E-state index in [0.29, 0.717) is 0 Å². The Morgan fingerprint density at radius 3 is 2.84 bits per heavy atom. The number of ether oxygens (including phenoxy) is 1. The fourth-order valence-electron chi connectivity index (χ4n) is 2.77. The molecule has 3 heteroatoms. The average molecular weight is 257 g/mol. The number of benzene rings is 1. The predicted octanol–water partition coefficient (Wildman–Crippen LogP) is 3.18. The minimum Gasteiger partial charge on any atom is -0.469 e. The average Bonchev–Trinajstić information content (AvgIpc) is 3.07. The number of hydrogen-bond donors (Lipinski definition) is 1. The molecule has 1 aromatic heterocycles. The van der Waals surface area contributed by atoms with Crippen molar-refractivity contribution in [1.82, 2.24) is 5.32 Å². The van der Waals surface area contributed by atoms with E-state index in [1.54, 1.807) is 6.26 Å². The van der Waals surface area contributed by atoms with Gasteiger partial charge in [0, 0.05) is 12.0 Å². The summed E-state index contributed by atoms with van der Waals surface area (Å²) in [4.78, 5) is 0. The summed E-state index contributed by atoms with van der Waals surface area (Å²) in [6, 6.07) is 8.84. The molecule has 0 saturated carbocycles. The van der Waals surface area contributed by atoms with Crippen LogP contribution in [-0.2, 0) is 24.4 Å². The van der Waals surface area contributed by atoms with E-state index in [-0.39, 0.29) is 6.04 Å². The SMILES string of the molecule is CCc1occc1C(NC)c1ccc2c(c1)COC2. The van der Waals surface area contributed by atoms with Crippen LogP contribution in [0.15, 0.2) is 34.9 Å². The van der Waals surface area contributed by atoms with Gasteiger partial charge in [0.1, 0.15) is 5.76 Å². The maximum atomic E-state index is 5.55. The zero-order valence-electron chi connectivity index (χ0n) is 11.4. The molecule has 2 aromatic rings. The zero-order chi connectivity index (χ0) is 13.2. The van der Waals surface area contributed by atoms with Crippen LogP contribution < -0.4 is 5.32 Å². The lowest BCUT2D eigenvalue weighted by Crippen LogP contribution is -2.18. The highest BCUT2D eigenvalue weighted by Gasteiger charge is 2.20. The topological polar surface area (TPSA) is 34.4 Å². The number of furan rings is 1. The van der Waals surface area contributed by atoms with Crippen LogP contribution in [-0.4, -0.2) is 7.05 Å². The molecule has 1 aliphatic heterocycles. The van der Waals surface area contributed by atoms with E-state index in [1.807, 2.05) is 7.05 Å². The number of hydrogen-bond acceptors (Lipinski definition) is 3. The van der Waals surface area contributed by atoms with Crippen LogP contribution in [0.5, 0.6) is 0 Å². The molecule has 0 bridgehead atoms. The van der Waals surface area contributed by atoms with Gasteiger partial charge < -0.3 is 14.5 Å². The Bertz CT molecular complexity index is 574. The maximum absolute atomic E-state index is 5.55. The van der Waals surface area contributed by atoms with E-state index in [2.05, 4.69) is 36.5 Å². The first-order valence-corrected chi connectivity index (χ1v) is 6.76. The Hall–Kier alpha value is -1.58. The Labute approximate surface area is 113 Å². The summed E-state index contributed by atoms with van der Waals surface area (Å²) in [6.45, 7) is 3.59. The lowest BCUT2D eigenvalue weighted by molar-refractivity contribution is 0.134. The van der Waals surface area contributed by atoms with Gasteiger partial charge >= 0.3 is 0 Å². The molecular formula is C16H19NO2. The Balaban J connectivity index is 1.98. The third-order valence-corrected chi connectivity index (χ3v) is 3.78. The van der Waals surface area contributed by atoms with Crippen LogP contribution in [0.3, 0.4) is 0 Å². The largest absolute Gasteiger partial charge is 0.469 e. The fraction of sp³-hybridized carbons (Fsp3) is 0.375. The standard InChI is InChI=1S/C16H19NO2/c1-3-15-14(6-7-19-15)16(17-2)11-4-5-12-9-18-10-13(12)8-11/h4-8,16-17H,3,9-10H2,1-2H3. The van der Waals surface area contributed by atoms with E-state index in [0.717, 1.165) is 25.4 Å². The third-order valence-electron chi connectivity index (χ3n) is 3.78. The first-order valence-electron chi connectivity index (χ1n) is 6.76. The molecule has 3 rings (SSSR count). The fourth-order valence-corrected chi connectivity index (χ4v) is 2.77. The molecule has 0 radical (unpaired) electrons. The van der Waals surface area contributed by atoms with Crippen LogP contribution in [0.2, 0.25) is 0 Å². The molecule has 0 amide bonds. The van der Waals surface area contributed by atoms with E-state index >= 15 is 0 Å². The summed E-state index contributed by atoms with van der Waals surface area (Å²) in [5.41, 5.74) is 5.10. The molecule has 1 N–H and O–H groups in total. The molecule has 1 atom stereocenters. The van der Waals surface area contributed by atoms with Crippen molar-refractivity contribution < 1.29 is 9.15 Å².